The van der Waals surface area contributed by atoms with Crippen LogP contribution in [0.2, 0.25) is 0 Å². The quantitative estimate of drug-likeness (QED) is 0.543. The highest BCUT2D eigenvalue weighted by Gasteiger charge is 2.35. The molecule has 1 saturated heterocycles. The molecule has 1 fully saturated rings. The normalized spacial score (nSPS) is 16.3. The molecule has 2 aliphatic heterocycles. The topological polar surface area (TPSA) is 105 Å². The number of nitrogens with zero attached hydrogens (tertiary/aromatic N) is 3. The molecule has 2 aromatic rings. The first-order valence-electron chi connectivity index (χ1n) is 10.4. The summed E-state index contributed by atoms with van der Waals surface area (Å²) in [5.41, 5.74) is 2.14. The van der Waals surface area contributed by atoms with Crippen LogP contribution < -0.4 is 15.1 Å². The Kier molecular flexibility index (Phi) is 6.20. The van der Waals surface area contributed by atoms with E-state index in [1.807, 2.05) is 29.2 Å². The molecule has 2 heterocycles. The number of alkyl halides is 1. The van der Waals surface area contributed by atoms with E-state index in [2.05, 4.69) is 5.32 Å². The minimum Gasteiger partial charge on any atom is -0.444 e. The SMILES string of the molecule is O=C(NCCF)c1ccc(N2CCC(N3C(=O)OCc4ccccc43)CC2)c([N+](=O)[O-])c1. The zero-order valence-electron chi connectivity index (χ0n) is 17.3. The first kappa shape index (κ1) is 21.5. The Morgan fingerprint density at radius 1 is 1.19 bits per heavy atom. The zero-order chi connectivity index (χ0) is 22.7. The number of nitro benzene ring substituents is 1. The van der Waals surface area contributed by atoms with Gasteiger partial charge in [-0.05, 0) is 31.0 Å². The van der Waals surface area contributed by atoms with Crippen molar-refractivity contribution in [2.75, 3.05) is 36.1 Å². The van der Waals surface area contributed by atoms with Crippen molar-refractivity contribution >= 4 is 29.1 Å². The molecule has 0 spiro atoms. The third-order valence-electron chi connectivity index (χ3n) is 5.78. The number of rotatable bonds is 6. The van der Waals surface area contributed by atoms with Crippen molar-refractivity contribution in [1.29, 1.82) is 0 Å². The molecule has 0 saturated carbocycles. The molecule has 9 nitrogen and oxygen atoms in total. The molecular formula is C22H23FN4O5. The van der Waals surface area contributed by atoms with E-state index in [0.717, 1.165) is 11.3 Å². The Morgan fingerprint density at radius 2 is 1.94 bits per heavy atom. The van der Waals surface area contributed by atoms with Crippen molar-refractivity contribution in [2.45, 2.75) is 25.5 Å². The molecule has 32 heavy (non-hydrogen) atoms. The number of hydrogen-bond donors (Lipinski definition) is 1. The van der Waals surface area contributed by atoms with E-state index in [9.17, 15) is 24.1 Å². The largest absolute Gasteiger partial charge is 0.444 e. The Hall–Kier alpha value is -3.69. The number of fused-ring (bicyclic) bond motifs is 1. The number of carbonyl (C=O) groups is 2. The van der Waals surface area contributed by atoms with E-state index in [0.29, 0.717) is 31.6 Å². The van der Waals surface area contributed by atoms with E-state index in [4.69, 9.17) is 4.74 Å². The summed E-state index contributed by atoms with van der Waals surface area (Å²) in [4.78, 5) is 39.2. The molecular weight excluding hydrogens is 419 g/mol. The van der Waals surface area contributed by atoms with Gasteiger partial charge in [-0.25, -0.2) is 9.18 Å². The number of para-hydroxylation sites is 1. The lowest BCUT2D eigenvalue weighted by atomic mass is 9.99. The molecule has 0 aromatic heterocycles. The van der Waals surface area contributed by atoms with E-state index < -0.39 is 17.5 Å². The van der Waals surface area contributed by atoms with Crippen LogP contribution in [0.5, 0.6) is 0 Å². The van der Waals surface area contributed by atoms with Gasteiger partial charge >= 0.3 is 6.09 Å². The van der Waals surface area contributed by atoms with Crippen molar-refractivity contribution in [3.05, 3.63) is 63.7 Å². The van der Waals surface area contributed by atoms with Gasteiger partial charge in [0.1, 0.15) is 19.0 Å². The maximum Gasteiger partial charge on any atom is 0.414 e. The molecule has 0 bridgehead atoms. The van der Waals surface area contributed by atoms with Crippen molar-refractivity contribution in [3.8, 4) is 0 Å². The highest BCUT2D eigenvalue weighted by molar-refractivity contribution is 5.96. The summed E-state index contributed by atoms with van der Waals surface area (Å²) in [5.74, 6) is -0.557. The maximum absolute atomic E-state index is 12.5. The molecule has 0 aliphatic carbocycles. The van der Waals surface area contributed by atoms with E-state index >= 15 is 0 Å². The number of hydrogen-bond acceptors (Lipinski definition) is 6. The lowest BCUT2D eigenvalue weighted by Gasteiger charge is -2.40. The van der Waals surface area contributed by atoms with Crippen LogP contribution in [0.15, 0.2) is 42.5 Å². The molecule has 2 aromatic carbocycles. The summed E-state index contributed by atoms with van der Waals surface area (Å²) >= 11 is 0. The van der Waals surface area contributed by atoms with Gasteiger partial charge in [0.2, 0.25) is 0 Å². The van der Waals surface area contributed by atoms with E-state index in [1.165, 1.54) is 12.1 Å². The van der Waals surface area contributed by atoms with Gasteiger partial charge < -0.3 is 15.0 Å². The minimum absolute atomic E-state index is 0.0787. The van der Waals surface area contributed by atoms with Crippen LogP contribution in [-0.4, -0.2) is 49.3 Å². The second kappa shape index (κ2) is 9.21. The Morgan fingerprint density at radius 3 is 2.66 bits per heavy atom. The fourth-order valence-corrected chi connectivity index (χ4v) is 4.23. The summed E-state index contributed by atoms with van der Waals surface area (Å²) in [6.45, 7) is 0.400. The van der Waals surface area contributed by atoms with Gasteiger partial charge in [0, 0.05) is 42.9 Å². The monoisotopic (exact) mass is 442 g/mol. The lowest BCUT2D eigenvalue weighted by molar-refractivity contribution is -0.384. The van der Waals surface area contributed by atoms with Crippen LogP contribution in [0, 0.1) is 10.1 Å². The van der Waals surface area contributed by atoms with Crippen LogP contribution in [0.4, 0.5) is 26.2 Å². The van der Waals surface area contributed by atoms with Crippen molar-refractivity contribution in [1.82, 2.24) is 5.32 Å². The number of nitro groups is 1. The van der Waals surface area contributed by atoms with E-state index in [1.54, 1.807) is 11.0 Å². The summed E-state index contributed by atoms with van der Waals surface area (Å²) in [6.07, 6.45) is 0.843. The summed E-state index contributed by atoms with van der Waals surface area (Å²) in [5, 5.41) is 14.0. The molecule has 4 rings (SSSR count). The van der Waals surface area contributed by atoms with Crippen LogP contribution in [0.25, 0.3) is 0 Å². The lowest BCUT2D eigenvalue weighted by Crippen LogP contribution is -2.49. The average Bonchev–Trinajstić information content (AvgIpc) is 2.82. The number of carbonyl (C=O) groups excluding carboxylic acids is 2. The van der Waals surface area contributed by atoms with Gasteiger partial charge in [0.05, 0.1) is 10.6 Å². The van der Waals surface area contributed by atoms with Crippen LogP contribution in [0.3, 0.4) is 0 Å². The van der Waals surface area contributed by atoms with Crippen LogP contribution in [-0.2, 0) is 11.3 Å². The number of piperidine rings is 1. The summed E-state index contributed by atoms with van der Waals surface area (Å²) in [6, 6.07) is 11.8. The zero-order valence-corrected chi connectivity index (χ0v) is 17.3. The standard InChI is InChI=1S/C22H23FN4O5/c23-9-10-24-21(28)15-5-6-19(20(13-15)27(30)31)25-11-7-17(8-12-25)26-18-4-2-1-3-16(18)14-32-22(26)29/h1-6,13,17H,7-12,14H2,(H,24,28). The first-order chi connectivity index (χ1) is 15.5. The van der Waals surface area contributed by atoms with Crippen molar-refractivity contribution in [2.24, 2.45) is 0 Å². The van der Waals surface area contributed by atoms with Gasteiger partial charge in [-0.2, -0.15) is 0 Å². The molecule has 1 N–H and O–H groups in total. The molecule has 2 aliphatic rings. The fourth-order valence-electron chi connectivity index (χ4n) is 4.23. The number of cyclic esters (lactones) is 1. The third kappa shape index (κ3) is 4.20. The summed E-state index contributed by atoms with van der Waals surface area (Å²) in [7, 11) is 0. The fraction of sp³-hybridized carbons (Fsp3) is 0.364. The number of nitrogens with one attached hydrogen (secondary N) is 1. The van der Waals surface area contributed by atoms with Gasteiger partial charge in [-0.3, -0.25) is 19.8 Å². The number of anilines is 2. The first-order valence-corrected chi connectivity index (χ1v) is 10.4. The van der Waals surface area contributed by atoms with Crippen LogP contribution in [0.1, 0.15) is 28.8 Å². The highest BCUT2D eigenvalue weighted by atomic mass is 19.1. The summed E-state index contributed by atoms with van der Waals surface area (Å²) < 4.78 is 17.6. The smallest absolute Gasteiger partial charge is 0.414 e. The van der Waals surface area contributed by atoms with Crippen molar-refractivity contribution < 1.29 is 23.6 Å². The number of benzene rings is 2. The van der Waals surface area contributed by atoms with Gasteiger partial charge in [-0.15, -0.1) is 0 Å². The van der Waals surface area contributed by atoms with Gasteiger partial charge in [-0.1, -0.05) is 18.2 Å². The van der Waals surface area contributed by atoms with Gasteiger partial charge in [0.25, 0.3) is 11.6 Å². The second-order valence-electron chi connectivity index (χ2n) is 7.68. The van der Waals surface area contributed by atoms with Crippen LogP contribution >= 0.6 is 0 Å². The third-order valence-corrected chi connectivity index (χ3v) is 5.78. The van der Waals surface area contributed by atoms with Crippen molar-refractivity contribution in [3.63, 3.8) is 0 Å². The molecule has 168 valence electrons. The Balaban J connectivity index is 1.50. The average molecular weight is 442 g/mol. The van der Waals surface area contributed by atoms with Gasteiger partial charge in [0.15, 0.2) is 0 Å². The van der Waals surface area contributed by atoms with E-state index in [-0.39, 0.29) is 36.5 Å². The molecule has 0 atom stereocenters. The maximum atomic E-state index is 12.5. The number of amides is 2. The molecule has 10 heteroatoms. The minimum atomic E-state index is -0.712. The molecule has 0 radical (unpaired) electrons. The number of ether oxygens (including phenoxy) is 1. The highest BCUT2D eigenvalue weighted by Crippen LogP contribution is 2.35. The molecule has 2 amide bonds. The molecule has 0 unspecified atom stereocenters. The number of halogens is 1. The Bertz CT molecular complexity index is 1040. The predicted molar refractivity (Wildman–Crippen MR) is 116 cm³/mol. The predicted octanol–water partition coefficient (Wildman–Crippen LogP) is 3.42. The Labute approximate surface area is 183 Å². The second-order valence-corrected chi connectivity index (χ2v) is 7.68.